The van der Waals surface area contributed by atoms with Crippen molar-refractivity contribution in [1.29, 1.82) is 0 Å². The van der Waals surface area contributed by atoms with E-state index in [4.69, 9.17) is 0 Å². The van der Waals surface area contributed by atoms with Gasteiger partial charge in [0, 0.05) is 6.54 Å². The van der Waals surface area contributed by atoms with E-state index in [1.807, 2.05) is 0 Å². The van der Waals surface area contributed by atoms with Gasteiger partial charge >= 0.3 is 5.97 Å². The summed E-state index contributed by atoms with van der Waals surface area (Å²) >= 11 is 0. The van der Waals surface area contributed by atoms with Gasteiger partial charge in [0.05, 0.1) is 12.7 Å². The van der Waals surface area contributed by atoms with Gasteiger partial charge in [0.25, 0.3) is 0 Å². The topological polar surface area (TPSA) is 72.5 Å². The van der Waals surface area contributed by atoms with Crippen LogP contribution in [0.3, 0.4) is 0 Å². The summed E-state index contributed by atoms with van der Waals surface area (Å²) < 4.78 is 57.4. The van der Waals surface area contributed by atoms with Crippen LogP contribution >= 0.6 is 0 Å². The molecular weight excluding hydrogens is 340 g/mol. The van der Waals surface area contributed by atoms with Gasteiger partial charge in [0.1, 0.15) is 16.5 Å². The molecule has 0 atom stereocenters. The molecule has 24 heavy (non-hydrogen) atoms. The summed E-state index contributed by atoms with van der Waals surface area (Å²) in [4.78, 5) is 10.6. The van der Waals surface area contributed by atoms with Gasteiger partial charge in [-0.05, 0) is 42.3 Å². The maximum Gasteiger partial charge on any atom is 0.337 e. The minimum absolute atomic E-state index is 0.00411. The van der Waals surface area contributed by atoms with Gasteiger partial charge in [-0.25, -0.2) is 26.7 Å². The standard InChI is InChI=1S/C16H15F2NO4S/c1-23-16(20)12-4-2-11(3-5-12)8-9-19-24(21,22)15-10-13(17)6-7-14(15)18/h2-7,10,19H,8-9H2,1H3. The Kier molecular flexibility index (Phi) is 5.63. The Morgan fingerprint density at radius 2 is 1.79 bits per heavy atom. The van der Waals surface area contributed by atoms with E-state index in [1.54, 1.807) is 24.3 Å². The first kappa shape index (κ1) is 18.0. The molecule has 0 heterocycles. The Morgan fingerprint density at radius 3 is 2.42 bits per heavy atom. The van der Waals surface area contributed by atoms with Crippen molar-refractivity contribution in [2.24, 2.45) is 0 Å². The quantitative estimate of drug-likeness (QED) is 0.807. The molecule has 0 aliphatic rings. The number of benzene rings is 2. The van der Waals surface area contributed by atoms with Gasteiger partial charge in [-0.15, -0.1) is 0 Å². The molecule has 0 spiro atoms. The largest absolute Gasteiger partial charge is 0.465 e. The van der Waals surface area contributed by atoms with E-state index in [1.165, 1.54) is 7.11 Å². The van der Waals surface area contributed by atoms with E-state index in [9.17, 15) is 22.0 Å². The smallest absolute Gasteiger partial charge is 0.337 e. The number of hydrogen-bond donors (Lipinski definition) is 1. The SMILES string of the molecule is COC(=O)c1ccc(CCNS(=O)(=O)c2cc(F)ccc2F)cc1. The number of halogens is 2. The molecule has 2 aromatic rings. The molecular formula is C16H15F2NO4S. The molecule has 0 aliphatic heterocycles. The second kappa shape index (κ2) is 7.50. The minimum Gasteiger partial charge on any atom is -0.465 e. The van der Waals surface area contributed by atoms with Crippen molar-refractivity contribution in [1.82, 2.24) is 4.72 Å². The number of carbonyl (C=O) groups is 1. The highest BCUT2D eigenvalue weighted by molar-refractivity contribution is 7.89. The summed E-state index contributed by atoms with van der Waals surface area (Å²) in [6, 6.07) is 8.66. The zero-order valence-corrected chi connectivity index (χ0v) is 13.6. The second-order valence-electron chi connectivity index (χ2n) is 4.91. The highest BCUT2D eigenvalue weighted by Gasteiger charge is 2.19. The van der Waals surface area contributed by atoms with Crippen LogP contribution in [0.5, 0.6) is 0 Å². The van der Waals surface area contributed by atoms with Gasteiger partial charge < -0.3 is 4.74 Å². The van der Waals surface area contributed by atoms with Crippen LogP contribution < -0.4 is 4.72 Å². The monoisotopic (exact) mass is 355 g/mol. The lowest BCUT2D eigenvalue weighted by atomic mass is 10.1. The number of nitrogens with one attached hydrogen (secondary N) is 1. The minimum atomic E-state index is -4.15. The van der Waals surface area contributed by atoms with Crippen LogP contribution in [0.25, 0.3) is 0 Å². The van der Waals surface area contributed by atoms with E-state index >= 15 is 0 Å². The Hall–Kier alpha value is -2.32. The van der Waals surface area contributed by atoms with Gasteiger partial charge in [-0.3, -0.25) is 0 Å². The second-order valence-corrected chi connectivity index (χ2v) is 6.65. The fourth-order valence-corrected chi connectivity index (χ4v) is 3.13. The molecule has 1 N–H and O–H groups in total. The number of carbonyl (C=O) groups excluding carboxylic acids is 1. The average molecular weight is 355 g/mol. The fourth-order valence-electron chi connectivity index (χ4n) is 2.02. The molecule has 0 unspecified atom stereocenters. The third-order valence-electron chi connectivity index (χ3n) is 3.26. The highest BCUT2D eigenvalue weighted by Crippen LogP contribution is 2.15. The first-order chi connectivity index (χ1) is 11.3. The van der Waals surface area contributed by atoms with Crippen molar-refractivity contribution in [2.45, 2.75) is 11.3 Å². The maximum absolute atomic E-state index is 13.5. The zero-order valence-electron chi connectivity index (χ0n) is 12.8. The molecule has 2 rings (SSSR count). The Bertz CT molecular complexity index is 836. The number of sulfonamides is 1. The lowest BCUT2D eigenvalue weighted by molar-refractivity contribution is 0.0600. The molecule has 0 aromatic heterocycles. The van der Waals surface area contributed by atoms with E-state index < -0.39 is 32.5 Å². The van der Waals surface area contributed by atoms with Crippen molar-refractivity contribution in [3.05, 3.63) is 65.2 Å². The predicted molar refractivity (Wildman–Crippen MR) is 83.0 cm³/mol. The molecule has 0 saturated carbocycles. The summed E-state index contributed by atoms with van der Waals surface area (Å²) in [6.45, 7) is -0.00411. The van der Waals surface area contributed by atoms with E-state index in [-0.39, 0.29) is 6.54 Å². The van der Waals surface area contributed by atoms with Crippen molar-refractivity contribution in [2.75, 3.05) is 13.7 Å². The molecule has 0 aliphatic carbocycles. The van der Waals surface area contributed by atoms with Crippen LogP contribution in [0.4, 0.5) is 8.78 Å². The zero-order chi connectivity index (χ0) is 17.7. The van der Waals surface area contributed by atoms with E-state index in [0.29, 0.717) is 18.1 Å². The van der Waals surface area contributed by atoms with Crippen molar-refractivity contribution < 1.29 is 26.7 Å². The van der Waals surface area contributed by atoms with E-state index in [2.05, 4.69) is 9.46 Å². The van der Waals surface area contributed by atoms with Gasteiger partial charge in [0.2, 0.25) is 10.0 Å². The number of hydrogen-bond acceptors (Lipinski definition) is 4. The molecule has 0 fully saturated rings. The van der Waals surface area contributed by atoms with Gasteiger partial charge in [0.15, 0.2) is 0 Å². The molecule has 8 heteroatoms. The van der Waals surface area contributed by atoms with Crippen LogP contribution in [0.1, 0.15) is 15.9 Å². The predicted octanol–water partition coefficient (Wildman–Crippen LogP) is 2.27. The molecule has 2 aromatic carbocycles. The summed E-state index contributed by atoms with van der Waals surface area (Å²) in [7, 11) is -2.87. The van der Waals surface area contributed by atoms with Crippen molar-refractivity contribution in [3.63, 3.8) is 0 Å². The number of rotatable bonds is 6. The van der Waals surface area contributed by atoms with Crippen LogP contribution in [-0.4, -0.2) is 28.0 Å². The lowest BCUT2D eigenvalue weighted by Crippen LogP contribution is -2.27. The summed E-state index contributed by atoms with van der Waals surface area (Å²) in [5.74, 6) is -2.33. The fraction of sp³-hybridized carbons (Fsp3) is 0.188. The normalized spacial score (nSPS) is 11.3. The van der Waals surface area contributed by atoms with Crippen LogP contribution in [0.2, 0.25) is 0 Å². The van der Waals surface area contributed by atoms with Crippen LogP contribution in [0, 0.1) is 11.6 Å². The molecule has 0 bridgehead atoms. The van der Waals surface area contributed by atoms with Gasteiger partial charge in [-0.2, -0.15) is 0 Å². The third-order valence-corrected chi connectivity index (χ3v) is 4.74. The average Bonchev–Trinajstić information content (AvgIpc) is 2.56. The molecule has 5 nitrogen and oxygen atoms in total. The van der Waals surface area contributed by atoms with Crippen LogP contribution in [0.15, 0.2) is 47.4 Å². The van der Waals surface area contributed by atoms with Crippen molar-refractivity contribution >= 4 is 16.0 Å². The number of esters is 1. The summed E-state index contributed by atoms with van der Waals surface area (Å²) in [5.41, 5.74) is 1.15. The molecule has 0 saturated heterocycles. The first-order valence-corrected chi connectivity index (χ1v) is 8.44. The van der Waals surface area contributed by atoms with E-state index in [0.717, 1.165) is 17.7 Å². The molecule has 0 amide bonds. The Balaban J connectivity index is 2.00. The van der Waals surface area contributed by atoms with Crippen LogP contribution in [-0.2, 0) is 21.2 Å². The third kappa shape index (κ3) is 4.36. The molecule has 0 radical (unpaired) electrons. The van der Waals surface area contributed by atoms with Gasteiger partial charge in [-0.1, -0.05) is 12.1 Å². The van der Waals surface area contributed by atoms with Crippen molar-refractivity contribution in [3.8, 4) is 0 Å². The summed E-state index contributed by atoms with van der Waals surface area (Å²) in [6.07, 6.45) is 0.317. The first-order valence-electron chi connectivity index (χ1n) is 6.95. The highest BCUT2D eigenvalue weighted by atomic mass is 32.2. The number of methoxy groups -OCH3 is 1. The number of ether oxygens (including phenoxy) is 1. The molecule has 128 valence electrons. The lowest BCUT2D eigenvalue weighted by Gasteiger charge is -2.08. The Labute approximate surface area is 138 Å². The Morgan fingerprint density at radius 1 is 1.12 bits per heavy atom. The maximum atomic E-state index is 13.5. The summed E-state index contributed by atoms with van der Waals surface area (Å²) in [5, 5.41) is 0.